The summed E-state index contributed by atoms with van der Waals surface area (Å²) in [4.78, 5) is 16.4. The molecule has 1 unspecified atom stereocenters. The van der Waals surface area contributed by atoms with Crippen LogP contribution in [-0.4, -0.2) is 49.7 Å². The fourth-order valence-electron chi connectivity index (χ4n) is 4.66. The molecule has 3 heterocycles. The third-order valence-corrected chi connectivity index (χ3v) is 6.38. The Morgan fingerprint density at radius 3 is 2.39 bits per heavy atom. The molecule has 2 aliphatic heterocycles. The number of aryl methyl sites for hydroxylation is 1. The van der Waals surface area contributed by atoms with Crippen molar-refractivity contribution in [3.05, 3.63) is 72.2 Å². The number of benzene rings is 2. The minimum atomic E-state index is 0.221. The predicted molar refractivity (Wildman–Crippen MR) is 128 cm³/mol. The van der Waals surface area contributed by atoms with Gasteiger partial charge in [-0.15, -0.1) is 0 Å². The maximum Gasteiger partial charge on any atom is 0.137 e. The quantitative estimate of drug-likeness (QED) is 0.693. The highest BCUT2D eigenvalue weighted by molar-refractivity contribution is 5.72. The van der Waals surface area contributed by atoms with Crippen LogP contribution in [0, 0.1) is 6.92 Å². The number of fused-ring (bicyclic) bond motifs is 1. The topological polar surface area (TPSA) is 47.5 Å². The van der Waals surface area contributed by atoms with Gasteiger partial charge in [0.1, 0.15) is 11.6 Å². The lowest BCUT2D eigenvalue weighted by atomic mass is 10.0. The van der Waals surface area contributed by atoms with E-state index in [-0.39, 0.29) is 6.04 Å². The van der Waals surface area contributed by atoms with Gasteiger partial charge in [0.2, 0.25) is 0 Å². The second kappa shape index (κ2) is 8.46. The Bertz CT molecular complexity index is 1030. The van der Waals surface area contributed by atoms with Crippen molar-refractivity contribution in [3.8, 4) is 0 Å². The van der Waals surface area contributed by atoms with Crippen molar-refractivity contribution < 1.29 is 0 Å². The van der Waals surface area contributed by atoms with Gasteiger partial charge in [-0.25, -0.2) is 9.97 Å². The molecule has 1 N–H and O–H groups in total. The van der Waals surface area contributed by atoms with E-state index in [1.165, 1.54) is 22.6 Å². The summed E-state index contributed by atoms with van der Waals surface area (Å²) in [5, 5.41) is 3.82. The average Bonchev–Trinajstić information content (AvgIpc) is 2.82. The molecule has 5 rings (SSSR count). The van der Waals surface area contributed by atoms with Gasteiger partial charge < -0.3 is 20.0 Å². The first kappa shape index (κ1) is 19.7. The summed E-state index contributed by atoms with van der Waals surface area (Å²) < 4.78 is 0. The van der Waals surface area contributed by atoms with Gasteiger partial charge in [-0.1, -0.05) is 30.3 Å². The third kappa shape index (κ3) is 4.02. The zero-order chi connectivity index (χ0) is 21.2. The summed E-state index contributed by atoms with van der Waals surface area (Å²) in [6.07, 6.45) is 3.03. The first-order valence-electron chi connectivity index (χ1n) is 11.1. The number of anilines is 4. The minimum absolute atomic E-state index is 0.221. The van der Waals surface area contributed by atoms with Crippen molar-refractivity contribution in [2.24, 2.45) is 0 Å². The predicted octanol–water partition coefficient (Wildman–Crippen LogP) is 4.10. The molecular formula is C25H30N6. The molecule has 1 fully saturated rings. The maximum atomic E-state index is 4.69. The number of nitrogens with zero attached hydrogens (tertiary/aromatic N) is 5. The van der Waals surface area contributed by atoms with Crippen LogP contribution in [0.2, 0.25) is 0 Å². The molecule has 6 nitrogen and oxygen atoms in total. The van der Waals surface area contributed by atoms with Crippen LogP contribution in [-0.2, 0) is 0 Å². The highest BCUT2D eigenvalue weighted by Gasteiger charge is 2.26. The Balaban J connectivity index is 1.34. The molecule has 0 radical (unpaired) electrons. The lowest BCUT2D eigenvalue weighted by Crippen LogP contribution is -2.46. The molecule has 0 aliphatic carbocycles. The van der Waals surface area contributed by atoms with Crippen LogP contribution in [0.25, 0.3) is 0 Å². The monoisotopic (exact) mass is 414 g/mol. The van der Waals surface area contributed by atoms with Crippen molar-refractivity contribution >= 4 is 22.9 Å². The number of hydrogen-bond donors (Lipinski definition) is 1. The van der Waals surface area contributed by atoms with E-state index in [4.69, 9.17) is 4.98 Å². The van der Waals surface area contributed by atoms with Gasteiger partial charge in [0.25, 0.3) is 0 Å². The molecular weight excluding hydrogens is 384 g/mol. The maximum absolute atomic E-state index is 4.69. The summed E-state index contributed by atoms with van der Waals surface area (Å²) in [5.74, 6) is 1.87. The molecule has 6 heteroatoms. The third-order valence-electron chi connectivity index (χ3n) is 6.38. The first-order valence-corrected chi connectivity index (χ1v) is 11.1. The molecule has 3 aromatic rings. The fraction of sp³-hybridized carbons (Fsp3) is 0.360. The van der Waals surface area contributed by atoms with Gasteiger partial charge in [0, 0.05) is 57.2 Å². The number of aromatic nitrogens is 2. The van der Waals surface area contributed by atoms with Crippen molar-refractivity contribution in [2.45, 2.75) is 19.4 Å². The number of nitrogens with one attached hydrogen (secondary N) is 1. The number of rotatable bonds is 4. The highest BCUT2D eigenvalue weighted by Crippen LogP contribution is 2.36. The van der Waals surface area contributed by atoms with Crippen LogP contribution in [0.3, 0.4) is 0 Å². The average molecular weight is 415 g/mol. The van der Waals surface area contributed by atoms with E-state index in [0.29, 0.717) is 0 Å². The van der Waals surface area contributed by atoms with E-state index in [2.05, 4.69) is 86.6 Å². The standard InChI is InChI=1S/C25H30N6/c1-19-26-18-21-22(12-13-29(2)25(21)27-19)28-23-10-6-7-11-24(23)31-16-14-30(15-17-31)20-8-4-3-5-9-20/h3-11,18,22,28H,12-17H2,1-2H3. The molecule has 0 saturated carbocycles. The van der Waals surface area contributed by atoms with Gasteiger partial charge in [-0.2, -0.15) is 0 Å². The summed E-state index contributed by atoms with van der Waals surface area (Å²) in [5.41, 5.74) is 4.97. The van der Waals surface area contributed by atoms with Crippen molar-refractivity contribution in [2.75, 3.05) is 59.8 Å². The van der Waals surface area contributed by atoms with E-state index in [1.807, 2.05) is 13.1 Å². The molecule has 2 aromatic carbocycles. The first-order chi connectivity index (χ1) is 15.2. The summed E-state index contributed by atoms with van der Waals surface area (Å²) >= 11 is 0. The molecule has 160 valence electrons. The zero-order valence-electron chi connectivity index (χ0n) is 18.3. The Morgan fingerprint density at radius 2 is 1.58 bits per heavy atom. The normalized spacial score (nSPS) is 18.6. The Kier molecular flexibility index (Phi) is 5.37. The minimum Gasteiger partial charge on any atom is -0.376 e. The lowest BCUT2D eigenvalue weighted by Gasteiger charge is -2.39. The van der Waals surface area contributed by atoms with Gasteiger partial charge in [0.15, 0.2) is 0 Å². The summed E-state index contributed by atoms with van der Waals surface area (Å²) in [7, 11) is 2.11. The molecule has 0 spiro atoms. The van der Waals surface area contributed by atoms with Crippen LogP contribution in [0.5, 0.6) is 0 Å². The molecule has 2 aliphatic rings. The summed E-state index contributed by atoms with van der Waals surface area (Å²) in [6.45, 7) is 7.03. The van der Waals surface area contributed by atoms with Crippen molar-refractivity contribution in [1.82, 2.24) is 9.97 Å². The molecule has 0 bridgehead atoms. The molecule has 0 amide bonds. The smallest absolute Gasteiger partial charge is 0.137 e. The van der Waals surface area contributed by atoms with Crippen molar-refractivity contribution in [1.29, 1.82) is 0 Å². The van der Waals surface area contributed by atoms with Crippen LogP contribution < -0.4 is 20.0 Å². The Hall–Kier alpha value is -3.28. The number of piperazine rings is 1. The zero-order valence-corrected chi connectivity index (χ0v) is 18.3. The largest absolute Gasteiger partial charge is 0.376 e. The summed E-state index contributed by atoms with van der Waals surface area (Å²) in [6, 6.07) is 19.6. The van der Waals surface area contributed by atoms with Gasteiger partial charge in [0.05, 0.1) is 17.4 Å². The van der Waals surface area contributed by atoms with Crippen LogP contribution >= 0.6 is 0 Å². The molecule has 1 atom stereocenters. The SMILES string of the molecule is Cc1ncc2c(n1)N(C)CCC2Nc1ccccc1N1CCN(c2ccccc2)CC1. The van der Waals surface area contributed by atoms with Crippen molar-refractivity contribution in [3.63, 3.8) is 0 Å². The van der Waals surface area contributed by atoms with E-state index < -0.39 is 0 Å². The fourth-order valence-corrected chi connectivity index (χ4v) is 4.66. The Morgan fingerprint density at radius 1 is 0.871 bits per heavy atom. The van der Waals surface area contributed by atoms with E-state index in [0.717, 1.165) is 50.8 Å². The van der Waals surface area contributed by atoms with Gasteiger partial charge in [-0.05, 0) is 37.6 Å². The van der Waals surface area contributed by atoms with E-state index in [9.17, 15) is 0 Å². The lowest BCUT2D eigenvalue weighted by molar-refractivity contribution is 0.629. The molecule has 1 aromatic heterocycles. The highest BCUT2D eigenvalue weighted by atomic mass is 15.3. The second-order valence-corrected chi connectivity index (χ2v) is 8.43. The van der Waals surface area contributed by atoms with Crippen LogP contribution in [0.1, 0.15) is 23.9 Å². The molecule has 1 saturated heterocycles. The van der Waals surface area contributed by atoms with E-state index >= 15 is 0 Å². The number of para-hydroxylation sites is 3. The van der Waals surface area contributed by atoms with Gasteiger partial charge >= 0.3 is 0 Å². The second-order valence-electron chi connectivity index (χ2n) is 8.43. The van der Waals surface area contributed by atoms with Crippen LogP contribution in [0.4, 0.5) is 22.9 Å². The Labute approximate surface area is 184 Å². The van der Waals surface area contributed by atoms with Gasteiger partial charge in [-0.3, -0.25) is 0 Å². The number of hydrogen-bond acceptors (Lipinski definition) is 6. The van der Waals surface area contributed by atoms with Crippen LogP contribution in [0.15, 0.2) is 60.8 Å². The molecule has 31 heavy (non-hydrogen) atoms. The van der Waals surface area contributed by atoms with E-state index in [1.54, 1.807) is 0 Å².